The number of rotatable bonds is 1. The third-order valence-electron chi connectivity index (χ3n) is 4.21. The van der Waals surface area contributed by atoms with Crippen LogP contribution in [0, 0.1) is 6.92 Å². The molecule has 114 valence electrons. The van der Waals surface area contributed by atoms with Crippen LogP contribution in [-0.2, 0) is 12.0 Å². The summed E-state index contributed by atoms with van der Waals surface area (Å²) < 4.78 is 0. The number of amides is 1. The summed E-state index contributed by atoms with van der Waals surface area (Å²) in [5, 5.41) is 0. The number of nitrogens with one attached hydrogen (secondary N) is 1. The average molecular weight is 296 g/mol. The van der Waals surface area contributed by atoms with Crippen molar-refractivity contribution in [2.45, 2.75) is 32.7 Å². The first-order chi connectivity index (χ1) is 10.4. The molecule has 0 unspecified atom stereocenters. The van der Waals surface area contributed by atoms with Crippen molar-refractivity contribution in [3.63, 3.8) is 0 Å². The Balaban J connectivity index is 1.97. The highest BCUT2D eigenvalue weighted by Crippen LogP contribution is 2.33. The number of nitrogens with zero attached hydrogens (tertiary/aromatic N) is 1. The summed E-state index contributed by atoms with van der Waals surface area (Å²) in [5.41, 5.74) is 3.29. The minimum atomic E-state index is -0.236. The van der Waals surface area contributed by atoms with Gasteiger partial charge in [0.15, 0.2) is 0 Å². The Kier molecular flexibility index (Phi) is 3.39. The van der Waals surface area contributed by atoms with Gasteiger partial charge in [-0.15, -0.1) is 0 Å². The zero-order valence-electron chi connectivity index (χ0n) is 13.1. The van der Waals surface area contributed by atoms with Crippen LogP contribution in [0.1, 0.15) is 41.0 Å². The molecule has 1 aromatic heterocycles. The van der Waals surface area contributed by atoms with Crippen LogP contribution < -0.4 is 5.56 Å². The molecule has 0 saturated carbocycles. The number of aromatic amines is 1. The molecule has 0 atom stereocenters. The molecule has 2 aromatic rings. The second kappa shape index (κ2) is 5.13. The van der Waals surface area contributed by atoms with Crippen molar-refractivity contribution in [1.82, 2.24) is 9.88 Å². The lowest BCUT2D eigenvalue weighted by Crippen LogP contribution is -2.45. The molecular formula is C18H20N2O2. The van der Waals surface area contributed by atoms with Gasteiger partial charge in [-0.1, -0.05) is 38.1 Å². The molecular weight excluding hydrogens is 276 g/mol. The number of hydrogen-bond donors (Lipinski definition) is 1. The Morgan fingerprint density at radius 1 is 1.23 bits per heavy atom. The average Bonchev–Trinajstić information content (AvgIpc) is 2.44. The van der Waals surface area contributed by atoms with Crippen molar-refractivity contribution in [3.8, 4) is 0 Å². The molecule has 1 aliphatic rings. The number of H-pyrrole nitrogens is 1. The first-order valence-corrected chi connectivity index (χ1v) is 7.45. The van der Waals surface area contributed by atoms with E-state index in [-0.39, 0.29) is 16.9 Å². The highest BCUT2D eigenvalue weighted by molar-refractivity contribution is 5.94. The monoisotopic (exact) mass is 296 g/mol. The maximum atomic E-state index is 12.8. The fourth-order valence-corrected chi connectivity index (χ4v) is 3.27. The van der Waals surface area contributed by atoms with Crippen LogP contribution >= 0.6 is 0 Å². The Morgan fingerprint density at radius 3 is 2.68 bits per heavy atom. The summed E-state index contributed by atoms with van der Waals surface area (Å²) >= 11 is 0. The topological polar surface area (TPSA) is 53.2 Å². The molecule has 1 aromatic carbocycles. The minimum Gasteiger partial charge on any atom is -0.333 e. The van der Waals surface area contributed by atoms with E-state index in [0.29, 0.717) is 24.3 Å². The van der Waals surface area contributed by atoms with Crippen molar-refractivity contribution in [1.29, 1.82) is 0 Å². The maximum Gasteiger partial charge on any atom is 0.254 e. The number of pyridine rings is 1. The largest absolute Gasteiger partial charge is 0.333 e. The lowest BCUT2D eigenvalue weighted by Gasteiger charge is -2.40. The highest BCUT2D eigenvalue weighted by Gasteiger charge is 2.33. The van der Waals surface area contributed by atoms with Gasteiger partial charge in [-0.05, 0) is 24.1 Å². The van der Waals surface area contributed by atoms with E-state index >= 15 is 0 Å². The second-order valence-corrected chi connectivity index (χ2v) is 6.62. The first-order valence-electron chi connectivity index (χ1n) is 7.45. The maximum absolute atomic E-state index is 12.8. The standard InChI is InChI=1S/C18H20N2O2/c1-12-8-14(9-16(21)19-12)17(22)20-10-13-6-4-5-7-15(13)18(2,3)11-20/h4-9H,10-11H2,1-3H3,(H,19,21). The summed E-state index contributed by atoms with van der Waals surface area (Å²) in [6, 6.07) is 11.4. The zero-order valence-corrected chi connectivity index (χ0v) is 13.1. The van der Waals surface area contributed by atoms with Crippen molar-refractivity contribution in [2.24, 2.45) is 0 Å². The van der Waals surface area contributed by atoms with Gasteiger partial charge < -0.3 is 9.88 Å². The van der Waals surface area contributed by atoms with Crippen molar-refractivity contribution in [3.05, 3.63) is 69.1 Å². The Bertz CT molecular complexity index is 790. The third kappa shape index (κ3) is 2.56. The molecule has 4 heteroatoms. The molecule has 1 N–H and O–H groups in total. The number of carbonyl (C=O) groups is 1. The number of aryl methyl sites for hydroxylation is 1. The molecule has 2 heterocycles. The van der Waals surface area contributed by atoms with Crippen LogP contribution in [0.4, 0.5) is 0 Å². The Morgan fingerprint density at radius 2 is 1.95 bits per heavy atom. The van der Waals surface area contributed by atoms with E-state index in [1.54, 1.807) is 13.0 Å². The molecule has 4 nitrogen and oxygen atoms in total. The van der Waals surface area contributed by atoms with Gasteiger partial charge in [-0.3, -0.25) is 9.59 Å². The van der Waals surface area contributed by atoms with Crippen LogP contribution in [0.25, 0.3) is 0 Å². The quantitative estimate of drug-likeness (QED) is 0.879. The molecule has 0 saturated heterocycles. The minimum absolute atomic E-state index is 0.0863. The normalized spacial score (nSPS) is 16.2. The van der Waals surface area contributed by atoms with Crippen molar-refractivity contribution < 1.29 is 4.79 Å². The zero-order chi connectivity index (χ0) is 15.9. The smallest absolute Gasteiger partial charge is 0.254 e. The van der Waals surface area contributed by atoms with E-state index in [1.807, 2.05) is 17.0 Å². The number of aromatic nitrogens is 1. The summed E-state index contributed by atoms with van der Waals surface area (Å²) in [6.07, 6.45) is 0. The number of fused-ring (bicyclic) bond motifs is 1. The Hall–Kier alpha value is -2.36. The number of benzene rings is 1. The van der Waals surface area contributed by atoms with Gasteiger partial charge in [-0.25, -0.2) is 0 Å². The van der Waals surface area contributed by atoms with Crippen LogP contribution in [0.3, 0.4) is 0 Å². The molecule has 1 aliphatic heterocycles. The van der Waals surface area contributed by atoms with Crippen molar-refractivity contribution >= 4 is 5.91 Å². The summed E-state index contributed by atoms with van der Waals surface area (Å²) in [5.74, 6) is -0.0863. The van der Waals surface area contributed by atoms with Gasteiger partial charge in [0.2, 0.25) is 5.56 Å². The fourth-order valence-electron chi connectivity index (χ4n) is 3.27. The number of carbonyl (C=O) groups excluding carboxylic acids is 1. The van der Waals surface area contributed by atoms with E-state index in [1.165, 1.54) is 17.2 Å². The summed E-state index contributed by atoms with van der Waals surface area (Å²) in [6.45, 7) is 7.31. The SMILES string of the molecule is Cc1cc(C(=O)N2Cc3ccccc3C(C)(C)C2)cc(=O)[nH]1. The molecule has 22 heavy (non-hydrogen) atoms. The van der Waals surface area contributed by atoms with Gasteiger partial charge in [-0.2, -0.15) is 0 Å². The lowest BCUT2D eigenvalue weighted by molar-refractivity contribution is 0.0686. The lowest BCUT2D eigenvalue weighted by atomic mass is 9.78. The van der Waals surface area contributed by atoms with Crippen molar-refractivity contribution in [2.75, 3.05) is 6.54 Å². The molecule has 0 fully saturated rings. The molecule has 0 radical (unpaired) electrons. The van der Waals surface area contributed by atoms with Crippen LogP contribution in [-0.4, -0.2) is 22.3 Å². The Labute approximate surface area is 129 Å². The van der Waals surface area contributed by atoms with Crippen LogP contribution in [0.15, 0.2) is 41.2 Å². The van der Waals surface area contributed by atoms with Crippen LogP contribution in [0.5, 0.6) is 0 Å². The fraction of sp³-hybridized carbons (Fsp3) is 0.333. The van der Waals surface area contributed by atoms with Gasteiger partial charge in [0.05, 0.1) is 0 Å². The second-order valence-electron chi connectivity index (χ2n) is 6.62. The third-order valence-corrected chi connectivity index (χ3v) is 4.21. The van der Waals surface area contributed by atoms with E-state index in [0.717, 1.165) is 0 Å². The summed E-state index contributed by atoms with van der Waals surface area (Å²) in [4.78, 5) is 28.9. The van der Waals surface area contributed by atoms with Gasteiger partial charge >= 0.3 is 0 Å². The van der Waals surface area contributed by atoms with Gasteiger partial charge in [0.1, 0.15) is 0 Å². The molecule has 0 aliphatic carbocycles. The molecule has 1 amide bonds. The van der Waals surface area contributed by atoms with Crippen LogP contribution in [0.2, 0.25) is 0 Å². The highest BCUT2D eigenvalue weighted by atomic mass is 16.2. The van der Waals surface area contributed by atoms with E-state index in [4.69, 9.17) is 0 Å². The van der Waals surface area contributed by atoms with E-state index in [2.05, 4.69) is 31.0 Å². The predicted molar refractivity (Wildman–Crippen MR) is 86.0 cm³/mol. The predicted octanol–water partition coefficient (Wildman–Crippen LogP) is 2.62. The molecule has 3 rings (SSSR count). The first kappa shape index (κ1) is 14.6. The van der Waals surface area contributed by atoms with E-state index < -0.39 is 0 Å². The molecule has 0 spiro atoms. The van der Waals surface area contributed by atoms with Gasteiger partial charge in [0.25, 0.3) is 5.91 Å². The van der Waals surface area contributed by atoms with E-state index in [9.17, 15) is 9.59 Å². The summed E-state index contributed by atoms with van der Waals surface area (Å²) in [7, 11) is 0. The molecule has 0 bridgehead atoms. The van der Waals surface area contributed by atoms with Gasteiger partial charge in [0, 0.05) is 35.8 Å². The number of hydrogen-bond acceptors (Lipinski definition) is 2.